The molecule has 0 radical (unpaired) electrons. The van der Waals surface area contributed by atoms with E-state index in [1.165, 1.54) is 10.4 Å². The van der Waals surface area contributed by atoms with E-state index in [9.17, 15) is 0 Å². The Morgan fingerprint density at radius 2 is 2.50 bits per heavy atom. The lowest BCUT2D eigenvalue weighted by molar-refractivity contribution is 1.20. The third-order valence-corrected chi connectivity index (χ3v) is 3.11. The van der Waals surface area contributed by atoms with Gasteiger partial charge in [-0.3, -0.25) is 0 Å². The number of allylic oxidation sites excluding steroid dienone is 1. The summed E-state index contributed by atoms with van der Waals surface area (Å²) in [6.45, 7) is 5.76. The van der Waals surface area contributed by atoms with Crippen molar-refractivity contribution in [2.45, 2.75) is 18.2 Å². The molecule has 0 amide bonds. The predicted octanol–water partition coefficient (Wildman–Crippen LogP) is 3.07. The summed E-state index contributed by atoms with van der Waals surface area (Å²) in [5, 5.41) is 2.14. The molecule has 1 aromatic heterocycles. The molecule has 0 saturated carbocycles. The molecule has 0 nitrogen and oxygen atoms in total. The SMILES string of the molecule is C=CCc1csc(C)c1S. The van der Waals surface area contributed by atoms with Crippen molar-refractivity contribution < 1.29 is 0 Å². The normalized spacial score (nSPS) is 9.80. The van der Waals surface area contributed by atoms with E-state index in [2.05, 4.69) is 31.5 Å². The van der Waals surface area contributed by atoms with Gasteiger partial charge < -0.3 is 0 Å². The average molecular weight is 170 g/mol. The molecule has 0 aliphatic rings. The molecular formula is C8H10S2. The fourth-order valence-corrected chi connectivity index (χ4v) is 1.97. The van der Waals surface area contributed by atoms with Gasteiger partial charge in [0.2, 0.25) is 0 Å². The zero-order chi connectivity index (χ0) is 7.56. The van der Waals surface area contributed by atoms with Crippen LogP contribution in [-0.2, 0) is 6.42 Å². The highest BCUT2D eigenvalue weighted by Gasteiger charge is 2.01. The van der Waals surface area contributed by atoms with Crippen LogP contribution >= 0.6 is 24.0 Å². The fraction of sp³-hybridized carbons (Fsp3) is 0.250. The first-order chi connectivity index (χ1) is 4.75. The van der Waals surface area contributed by atoms with Gasteiger partial charge in [-0.25, -0.2) is 0 Å². The van der Waals surface area contributed by atoms with Crippen molar-refractivity contribution in [1.82, 2.24) is 0 Å². The largest absolute Gasteiger partial charge is 0.148 e. The Hall–Kier alpha value is -0.210. The molecular weight excluding hydrogens is 160 g/mol. The molecule has 1 aromatic rings. The van der Waals surface area contributed by atoms with Crippen LogP contribution in [0.5, 0.6) is 0 Å². The molecule has 0 aliphatic heterocycles. The van der Waals surface area contributed by atoms with Gasteiger partial charge in [-0.2, -0.15) is 0 Å². The minimum atomic E-state index is 0.934. The van der Waals surface area contributed by atoms with Gasteiger partial charge in [-0.05, 0) is 24.3 Å². The van der Waals surface area contributed by atoms with E-state index in [0.717, 1.165) is 11.3 Å². The van der Waals surface area contributed by atoms with Crippen LogP contribution in [0.25, 0.3) is 0 Å². The number of hydrogen-bond donors (Lipinski definition) is 1. The van der Waals surface area contributed by atoms with Gasteiger partial charge in [0.15, 0.2) is 0 Å². The molecule has 0 bridgehead atoms. The molecule has 1 rings (SSSR count). The third kappa shape index (κ3) is 1.44. The van der Waals surface area contributed by atoms with Gasteiger partial charge in [0, 0.05) is 9.77 Å². The maximum absolute atomic E-state index is 4.36. The first kappa shape index (κ1) is 7.89. The van der Waals surface area contributed by atoms with Gasteiger partial charge in [-0.1, -0.05) is 6.08 Å². The van der Waals surface area contributed by atoms with E-state index in [0.29, 0.717) is 0 Å². The predicted molar refractivity (Wildman–Crippen MR) is 50.2 cm³/mol. The lowest BCUT2D eigenvalue weighted by Gasteiger charge is -1.91. The molecule has 0 aliphatic carbocycles. The molecule has 54 valence electrons. The quantitative estimate of drug-likeness (QED) is 0.512. The van der Waals surface area contributed by atoms with Crippen LogP contribution in [0.15, 0.2) is 22.9 Å². The number of aryl methyl sites for hydroxylation is 1. The van der Waals surface area contributed by atoms with E-state index in [1.54, 1.807) is 11.3 Å². The molecule has 1 heterocycles. The molecule has 0 N–H and O–H groups in total. The zero-order valence-corrected chi connectivity index (χ0v) is 7.64. The highest BCUT2D eigenvalue weighted by molar-refractivity contribution is 7.80. The van der Waals surface area contributed by atoms with Crippen LogP contribution < -0.4 is 0 Å². The summed E-state index contributed by atoms with van der Waals surface area (Å²) in [6.07, 6.45) is 2.84. The average Bonchev–Trinajstić information content (AvgIpc) is 2.20. The third-order valence-electron chi connectivity index (χ3n) is 1.38. The van der Waals surface area contributed by atoms with Crippen LogP contribution in [0.2, 0.25) is 0 Å². The second kappa shape index (κ2) is 3.26. The highest BCUT2D eigenvalue weighted by Crippen LogP contribution is 2.25. The first-order valence-electron chi connectivity index (χ1n) is 3.12. The van der Waals surface area contributed by atoms with E-state index >= 15 is 0 Å². The second-order valence-electron chi connectivity index (χ2n) is 2.16. The number of rotatable bonds is 2. The molecule has 0 fully saturated rings. The molecule has 0 saturated heterocycles. The van der Waals surface area contributed by atoms with Gasteiger partial charge >= 0.3 is 0 Å². The van der Waals surface area contributed by atoms with Crippen molar-refractivity contribution in [3.05, 3.63) is 28.5 Å². The topological polar surface area (TPSA) is 0 Å². The summed E-state index contributed by atoms with van der Waals surface area (Å²) in [5.74, 6) is 0. The Kier molecular flexibility index (Phi) is 2.57. The Bertz CT molecular complexity index is 235. The number of hydrogen-bond acceptors (Lipinski definition) is 2. The Morgan fingerprint density at radius 3 is 2.90 bits per heavy atom. The van der Waals surface area contributed by atoms with Crippen LogP contribution in [0.3, 0.4) is 0 Å². The van der Waals surface area contributed by atoms with Crippen molar-refractivity contribution >= 4 is 24.0 Å². The molecule has 0 unspecified atom stereocenters. The van der Waals surface area contributed by atoms with E-state index in [-0.39, 0.29) is 0 Å². The molecule has 0 atom stereocenters. The van der Waals surface area contributed by atoms with Crippen LogP contribution in [0, 0.1) is 6.92 Å². The van der Waals surface area contributed by atoms with E-state index < -0.39 is 0 Å². The summed E-state index contributed by atoms with van der Waals surface area (Å²) in [7, 11) is 0. The summed E-state index contributed by atoms with van der Waals surface area (Å²) >= 11 is 6.11. The van der Waals surface area contributed by atoms with Gasteiger partial charge in [-0.15, -0.1) is 30.5 Å². The van der Waals surface area contributed by atoms with E-state index in [1.807, 2.05) is 6.08 Å². The molecule has 2 heteroatoms. The standard InChI is InChI=1S/C8H10S2/c1-3-4-7-5-10-6(2)8(7)9/h3,5,9H,1,4H2,2H3. The minimum Gasteiger partial charge on any atom is -0.148 e. The molecule has 0 aromatic carbocycles. The summed E-state index contributed by atoms with van der Waals surface area (Å²) in [6, 6.07) is 0. The van der Waals surface area contributed by atoms with Crippen molar-refractivity contribution in [1.29, 1.82) is 0 Å². The minimum absolute atomic E-state index is 0.934. The summed E-state index contributed by atoms with van der Waals surface area (Å²) in [5.41, 5.74) is 1.29. The zero-order valence-electron chi connectivity index (χ0n) is 5.92. The first-order valence-corrected chi connectivity index (χ1v) is 4.45. The van der Waals surface area contributed by atoms with Crippen LogP contribution in [0.4, 0.5) is 0 Å². The van der Waals surface area contributed by atoms with Gasteiger partial charge in [0.05, 0.1) is 0 Å². The lowest BCUT2D eigenvalue weighted by Crippen LogP contribution is -1.76. The van der Waals surface area contributed by atoms with Gasteiger partial charge in [0.25, 0.3) is 0 Å². The summed E-state index contributed by atoms with van der Waals surface area (Å²) in [4.78, 5) is 2.42. The Morgan fingerprint density at radius 1 is 1.80 bits per heavy atom. The Labute approximate surface area is 71.0 Å². The number of thiol groups is 1. The maximum Gasteiger partial charge on any atom is 0.0212 e. The van der Waals surface area contributed by atoms with Crippen molar-refractivity contribution in [3.8, 4) is 0 Å². The van der Waals surface area contributed by atoms with Crippen LogP contribution in [-0.4, -0.2) is 0 Å². The van der Waals surface area contributed by atoms with Crippen LogP contribution in [0.1, 0.15) is 10.4 Å². The van der Waals surface area contributed by atoms with Crippen molar-refractivity contribution in [2.24, 2.45) is 0 Å². The van der Waals surface area contributed by atoms with Crippen molar-refractivity contribution in [2.75, 3.05) is 0 Å². The Balaban J connectivity index is 2.93. The number of thiophene rings is 1. The molecule has 0 spiro atoms. The molecule has 10 heavy (non-hydrogen) atoms. The monoisotopic (exact) mass is 170 g/mol. The van der Waals surface area contributed by atoms with Gasteiger partial charge in [0.1, 0.15) is 0 Å². The highest BCUT2D eigenvalue weighted by atomic mass is 32.1. The summed E-state index contributed by atoms with van der Waals surface area (Å²) < 4.78 is 0. The van der Waals surface area contributed by atoms with E-state index in [4.69, 9.17) is 0 Å². The lowest BCUT2D eigenvalue weighted by atomic mass is 10.2. The maximum atomic E-state index is 4.36. The fourth-order valence-electron chi connectivity index (χ4n) is 0.798. The second-order valence-corrected chi connectivity index (χ2v) is 3.69. The van der Waals surface area contributed by atoms with Crippen molar-refractivity contribution in [3.63, 3.8) is 0 Å². The smallest absolute Gasteiger partial charge is 0.0212 e.